The highest BCUT2D eigenvalue weighted by Crippen LogP contribution is 2.38. The highest BCUT2D eigenvalue weighted by atomic mass is 16.5. The van der Waals surface area contributed by atoms with E-state index in [1.807, 2.05) is 19.9 Å². The van der Waals surface area contributed by atoms with Crippen molar-refractivity contribution in [3.63, 3.8) is 0 Å². The van der Waals surface area contributed by atoms with Crippen LogP contribution in [-0.4, -0.2) is 20.6 Å². The first-order chi connectivity index (χ1) is 13.4. The molecule has 0 aliphatic heterocycles. The summed E-state index contributed by atoms with van der Waals surface area (Å²) in [7, 11) is 0. The number of carbonyl (C=O) groups excluding carboxylic acids is 1. The Morgan fingerprint density at radius 3 is 2.61 bits per heavy atom. The van der Waals surface area contributed by atoms with Gasteiger partial charge in [0, 0.05) is 23.0 Å². The first-order valence-corrected chi connectivity index (χ1v) is 9.84. The zero-order valence-electron chi connectivity index (χ0n) is 16.8. The molecular weight excluding hydrogens is 352 g/mol. The van der Waals surface area contributed by atoms with Gasteiger partial charge in [-0.3, -0.25) is 4.79 Å². The van der Waals surface area contributed by atoms with Crippen molar-refractivity contribution in [1.82, 2.24) is 20.0 Å². The SMILES string of the molecule is Cc1cc(C(=O)NCc2nc(C3CC3)no2)c(C)n1-c1ccc(C(C)C)cc1. The summed E-state index contributed by atoms with van der Waals surface area (Å²) in [5.41, 5.74) is 4.95. The van der Waals surface area contributed by atoms with Gasteiger partial charge in [0.15, 0.2) is 5.82 Å². The molecule has 146 valence electrons. The van der Waals surface area contributed by atoms with E-state index in [0.29, 0.717) is 23.3 Å². The molecule has 28 heavy (non-hydrogen) atoms. The van der Waals surface area contributed by atoms with Crippen LogP contribution in [-0.2, 0) is 6.54 Å². The van der Waals surface area contributed by atoms with E-state index in [1.54, 1.807) is 0 Å². The summed E-state index contributed by atoms with van der Waals surface area (Å²) in [6.07, 6.45) is 2.24. The molecule has 1 aromatic carbocycles. The van der Waals surface area contributed by atoms with Crippen LogP contribution in [0.25, 0.3) is 5.69 Å². The first kappa shape index (κ1) is 18.5. The van der Waals surface area contributed by atoms with E-state index in [2.05, 4.69) is 58.1 Å². The summed E-state index contributed by atoms with van der Waals surface area (Å²) in [6, 6.07) is 10.4. The van der Waals surface area contributed by atoms with Crippen molar-refractivity contribution in [1.29, 1.82) is 0 Å². The zero-order chi connectivity index (χ0) is 19.8. The molecule has 3 aromatic rings. The Labute approximate surface area is 165 Å². The fourth-order valence-electron chi connectivity index (χ4n) is 3.50. The van der Waals surface area contributed by atoms with Gasteiger partial charge in [-0.2, -0.15) is 4.98 Å². The molecule has 2 heterocycles. The fourth-order valence-corrected chi connectivity index (χ4v) is 3.50. The van der Waals surface area contributed by atoms with Gasteiger partial charge in [-0.25, -0.2) is 0 Å². The Morgan fingerprint density at radius 1 is 1.25 bits per heavy atom. The number of nitrogens with one attached hydrogen (secondary N) is 1. The molecule has 0 atom stereocenters. The van der Waals surface area contributed by atoms with Crippen LogP contribution in [0.1, 0.15) is 77.5 Å². The minimum absolute atomic E-state index is 0.135. The van der Waals surface area contributed by atoms with Crippen LogP contribution in [0.2, 0.25) is 0 Å². The summed E-state index contributed by atoms with van der Waals surface area (Å²) in [4.78, 5) is 17.1. The molecular formula is C22H26N4O2. The smallest absolute Gasteiger partial charge is 0.253 e. The van der Waals surface area contributed by atoms with Crippen LogP contribution in [0.4, 0.5) is 0 Å². The van der Waals surface area contributed by atoms with Crippen LogP contribution >= 0.6 is 0 Å². The molecule has 0 radical (unpaired) electrons. The lowest BCUT2D eigenvalue weighted by Gasteiger charge is -2.12. The number of amides is 1. The second kappa shape index (κ2) is 7.26. The summed E-state index contributed by atoms with van der Waals surface area (Å²) >= 11 is 0. The van der Waals surface area contributed by atoms with E-state index in [4.69, 9.17) is 4.52 Å². The van der Waals surface area contributed by atoms with Crippen molar-refractivity contribution in [2.24, 2.45) is 0 Å². The van der Waals surface area contributed by atoms with E-state index >= 15 is 0 Å². The largest absolute Gasteiger partial charge is 0.343 e. The van der Waals surface area contributed by atoms with Gasteiger partial charge < -0.3 is 14.4 Å². The predicted octanol–water partition coefficient (Wildman–Crippen LogP) is 4.41. The van der Waals surface area contributed by atoms with Gasteiger partial charge in [-0.15, -0.1) is 0 Å². The monoisotopic (exact) mass is 378 g/mol. The van der Waals surface area contributed by atoms with Crippen LogP contribution in [0.5, 0.6) is 0 Å². The molecule has 1 fully saturated rings. The van der Waals surface area contributed by atoms with Gasteiger partial charge in [0.2, 0.25) is 5.89 Å². The maximum absolute atomic E-state index is 12.7. The third kappa shape index (κ3) is 3.59. The third-order valence-corrected chi connectivity index (χ3v) is 5.32. The molecule has 0 saturated heterocycles. The lowest BCUT2D eigenvalue weighted by molar-refractivity contribution is 0.0945. The molecule has 0 spiro atoms. The highest BCUT2D eigenvalue weighted by Gasteiger charge is 2.28. The second-order valence-corrected chi connectivity index (χ2v) is 7.87. The van der Waals surface area contributed by atoms with Crippen molar-refractivity contribution in [3.8, 4) is 5.69 Å². The Balaban J connectivity index is 1.49. The van der Waals surface area contributed by atoms with Crippen molar-refractivity contribution in [2.75, 3.05) is 0 Å². The van der Waals surface area contributed by atoms with Crippen LogP contribution in [0.3, 0.4) is 0 Å². The van der Waals surface area contributed by atoms with Gasteiger partial charge in [-0.1, -0.05) is 31.1 Å². The molecule has 0 unspecified atom stereocenters. The van der Waals surface area contributed by atoms with Gasteiger partial charge in [-0.05, 0) is 56.4 Å². The lowest BCUT2D eigenvalue weighted by Crippen LogP contribution is -2.23. The minimum Gasteiger partial charge on any atom is -0.343 e. The maximum Gasteiger partial charge on any atom is 0.253 e. The van der Waals surface area contributed by atoms with Crippen molar-refractivity contribution in [3.05, 3.63) is 64.6 Å². The Morgan fingerprint density at radius 2 is 1.96 bits per heavy atom. The number of benzene rings is 1. The average Bonchev–Trinajstić information content (AvgIpc) is 3.34. The van der Waals surface area contributed by atoms with E-state index < -0.39 is 0 Å². The second-order valence-electron chi connectivity index (χ2n) is 7.87. The number of aromatic nitrogens is 3. The van der Waals surface area contributed by atoms with Crippen LogP contribution in [0, 0.1) is 13.8 Å². The standard InChI is InChI=1S/C22H26N4O2/c1-13(2)16-7-9-18(10-8-16)26-14(3)11-19(15(26)4)22(27)23-12-20-24-21(25-28-20)17-5-6-17/h7-11,13,17H,5-6,12H2,1-4H3,(H,23,27). The predicted molar refractivity (Wildman–Crippen MR) is 107 cm³/mol. The van der Waals surface area contributed by atoms with Crippen LogP contribution < -0.4 is 5.32 Å². The minimum atomic E-state index is -0.135. The topological polar surface area (TPSA) is 73.0 Å². The number of hydrogen-bond donors (Lipinski definition) is 1. The average molecular weight is 378 g/mol. The van der Waals surface area contributed by atoms with E-state index in [9.17, 15) is 4.79 Å². The van der Waals surface area contributed by atoms with Crippen LogP contribution in [0.15, 0.2) is 34.9 Å². The molecule has 4 rings (SSSR count). The van der Waals surface area contributed by atoms with Gasteiger partial charge in [0.05, 0.1) is 12.1 Å². The summed E-state index contributed by atoms with van der Waals surface area (Å²) < 4.78 is 7.34. The number of nitrogens with zero attached hydrogens (tertiary/aromatic N) is 3. The van der Waals surface area contributed by atoms with E-state index in [1.165, 1.54) is 5.56 Å². The summed E-state index contributed by atoms with van der Waals surface area (Å²) in [5.74, 6) is 2.01. The Bertz CT molecular complexity index is 994. The lowest BCUT2D eigenvalue weighted by atomic mass is 10.0. The molecule has 1 saturated carbocycles. The molecule has 2 aromatic heterocycles. The summed E-state index contributed by atoms with van der Waals surface area (Å²) in [5, 5.41) is 6.88. The van der Waals surface area contributed by atoms with Crippen molar-refractivity contribution < 1.29 is 9.32 Å². The molecule has 0 bridgehead atoms. The van der Waals surface area contributed by atoms with E-state index in [-0.39, 0.29) is 12.5 Å². The van der Waals surface area contributed by atoms with Gasteiger partial charge in [0.1, 0.15) is 0 Å². The quantitative estimate of drug-likeness (QED) is 0.690. The molecule has 6 nitrogen and oxygen atoms in total. The number of aryl methyl sites for hydroxylation is 1. The Kier molecular flexibility index (Phi) is 4.79. The van der Waals surface area contributed by atoms with E-state index in [0.717, 1.165) is 35.7 Å². The number of carbonyl (C=O) groups is 1. The molecule has 1 N–H and O–H groups in total. The molecule has 1 amide bonds. The number of hydrogen-bond acceptors (Lipinski definition) is 4. The molecule has 1 aliphatic carbocycles. The fraction of sp³-hybridized carbons (Fsp3) is 0.409. The summed E-state index contributed by atoms with van der Waals surface area (Å²) in [6.45, 7) is 8.59. The van der Waals surface area contributed by atoms with Crippen molar-refractivity contribution >= 4 is 5.91 Å². The third-order valence-electron chi connectivity index (χ3n) is 5.32. The normalized spacial score (nSPS) is 13.9. The highest BCUT2D eigenvalue weighted by molar-refractivity contribution is 5.95. The maximum atomic E-state index is 12.7. The number of rotatable bonds is 6. The van der Waals surface area contributed by atoms with Gasteiger partial charge >= 0.3 is 0 Å². The van der Waals surface area contributed by atoms with Crippen molar-refractivity contribution in [2.45, 2.75) is 58.9 Å². The first-order valence-electron chi connectivity index (χ1n) is 9.84. The Hall–Kier alpha value is -2.89. The zero-order valence-corrected chi connectivity index (χ0v) is 16.8. The molecule has 1 aliphatic rings. The molecule has 6 heteroatoms. The van der Waals surface area contributed by atoms with Gasteiger partial charge in [0.25, 0.3) is 5.91 Å².